The number of hydrogen-bond acceptors (Lipinski definition) is 2. The molecule has 0 aliphatic rings. The van der Waals surface area contributed by atoms with Crippen molar-refractivity contribution in [3.63, 3.8) is 0 Å². The highest BCUT2D eigenvalue weighted by Crippen LogP contribution is 2.33. The van der Waals surface area contributed by atoms with E-state index < -0.39 is 0 Å². The van der Waals surface area contributed by atoms with E-state index in [2.05, 4.69) is 6.07 Å². The third-order valence-electron chi connectivity index (χ3n) is 2.43. The summed E-state index contributed by atoms with van der Waals surface area (Å²) in [6.45, 7) is 1.98. The quantitative estimate of drug-likeness (QED) is 0.814. The Kier molecular flexibility index (Phi) is 4.92. The Morgan fingerprint density at radius 3 is 2.62 bits per heavy atom. The van der Waals surface area contributed by atoms with Gasteiger partial charge in [0.2, 0.25) is 0 Å². The number of halogens is 2. The van der Waals surface area contributed by atoms with E-state index in [-0.39, 0.29) is 5.92 Å². The Labute approximate surface area is 106 Å². The number of benzene rings is 1. The van der Waals surface area contributed by atoms with Crippen LogP contribution in [0, 0.1) is 17.2 Å². The molecule has 0 fully saturated rings. The molecule has 0 amide bonds. The number of nitriles is 1. The molecule has 1 aromatic rings. The molecule has 0 aromatic heterocycles. The van der Waals surface area contributed by atoms with Gasteiger partial charge in [-0.15, -0.1) is 0 Å². The van der Waals surface area contributed by atoms with Crippen molar-refractivity contribution in [3.05, 3.63) is 27.7 Å². The molecule has 4 heteroatoms. The van der Waals surface area contributed by atoms with Gasteiger partial charge in [-0.2, -0.15) is 5.26 Å². The lowest BCUT2D eigenvalue weighted by atomic mass is 9.98. The largest absolute Gasteiger partial charge is 0.495 e. The van der Waals surface area contributed by atoms with Crippen LogP contribution in [0.15, 0.2) is 12.1 Å². The second kappa shape index (κ2) is 5.98. The Balaban J connectivity index is 3.07. The zero-order valence-corrected chi connectivity index (χ0v) is 10.8. The monoisotopic (exact) mass is 257 g/mol. The van der Waals surface area contributed by atoms with Gasteiger partial charge >= 0.3 is 0 Å². The molecule has 1 aromatic carbocycles. The molecule has 1 unspecified atom stereocenters. The lowest BCUT2D eigenvalue weighted by Crippen LogP contribution is -2.02. The van der Waals surface area contributed by atoms with E-state index in [1.54, 1.807) is 19.2 Å². The van der Waals surface area contributed by atoms with Crippen LogP contribution < -0.4 is 4.74 Å². The molecule has 0 spiro atoms. The van der Waals surface area contributed by atoms with Crippen LogP contribution in [0.5, 0.6) is 5.75 Å². The number of methoxy groups -OCH3 is 1. The summed E-state index contributed by atoms with van der Waals surface area (Å²) in [5.41, 5.74) is 0.883. The summed E-state index contributed by atoms with van der Waals surface area (Å²) in [7, 11) is 1.56. The maximum Gasteiger partial charge on any atom is 0.140 e. The van der Waals surface area contributed by atoms with Gasteiger partial charge in [0.15, 0.2) is 0 Å². The maximum absolute atomic E-state index is 8.93. The van der Waals surface area contributed by atoms with Gasteiger partial charge in [0.1, 0.15) is 5.75 Å². The van der Waals surface area contributed by atoms with E-state index in [0.717, 1.165) is 12.0 Å². The predicted octanol–water partition coefficient (Wildman–Crippen LogP) is 4.09. The fraction of sp³-hybridized carbons (Fsp3) is 0.417. The van der Waals surface area contributed by atoms with E-state index in [4.69, 9.17) is 33.2 Å². The minimum atomic E-state index is -0.0385. The Bertz CT molecular complexity index is 412. The van der Waals surface area contributed by atoms with Crippen molar-refractivity contribution >= 4 is 23.2 Å². The van der Waals surface area contributed by atoms with E-state index in [1.165, 1.54) is 0 Å². The number of hydrogen-bond donors (Lipinski definition) is 0. The van der Waals surface area contributed by atoms with Crippen molar-refractivity contribution in [1.29, 1.82) is 5.26 Å². The van der Waals surface area contributed by atoms with Gasteiger partial charge in [-0.3, -0.25) is 0 Å². The normalized spacial score (nSPS) is 11.9. The Morgan fingerprint density at radius 2 is 2.12 bits per heavy atom. The molecule has 0 aliphatic carbocycles. The summed E-state index contributed by atoms with van der Waals surface area (Å²) in [4.78, 5) is 0. The Hall–Kier alpha value is -0.910. The first-order valence-electron chi connectivity index (χ1n) is 5.03. The minimum Gasteiger partial charge on any atom is -0.495 e. The summed E-state index contributed by atoms with van der Waals surface area (Å²) in [5, 5.41) is 9.98. The maximum atomic E-state index is 8.93. The molecule has 16 heavy (non-hydrogen) atoms. The topological polar surface area (TPSA) is 33.0 Å². The third-order valence-corrected chi connectivity index (χ3v) is 2.93. The zero-order valence-electron chi connectivity index (χ0n) is 9.26. The fourth-order valence-electron chi connectivity index (χ4n) is 1.54. The highest BCUT2D eigenvalue weighted by molar-refractivity contribution is 6.35. The van der Waals surface area contributed by atoms with Gasteiger partial charge in [-0.1, -0.05) is 30.1 Å². The van der Waals surface area contributed by atoms with Crippen LogP contribution in [0.25, 0.3) is 0 Å². The SMILES string of the molecule is CCC(C#N)Cc1cc(Cl)cc(Cl)c1OC. The standard InChI is InChI=1S/C12H13Cl2NO/c1-3-8(7-15)4-9-5-10(13)6-11(14)12(9)16-2/h5-6,8H,3-4H2,1-2H3. The van der Waals surface area contributed by atoms with Crippen molar-refractivity contribution in [2.24, 2.45) is 5.92 Å². The van der Waals surface area contributed by atoms with Gasteiger partial charge in [-0.05, 0) is 30.5 Å². The fourth-order valence-corrected chi connectivity index (χ4v) is 2.15. The van der Waals surface area contributed by atoms with Crippen LogP contribution in [0.2, 0.25) is 10.0 Å². The molecular formula is C12H13Cl2NO. The van der Waals surface area contributed by atoms with E-state index >= 15 is 0 Å². The third kappa shape index (κ3) is 3.04. The molecule has 1 atom stereocenters. The number of rotatable bonds is 4. The first kappa shape index (κ1) is 13.2. The van der Waals surface area contributed by atoms with Crippen molar-refractivity contribution in [1.82, 2.24) is 0 Å². The van der Waals surface area contributed by atoms with Crippen LogP contribution in [0.1, 0.15) is 18.9 Å². The Morgan fingerprint density at radius 1 is 1.44 bits per heavy atom. The van der Waals surface area contributed by atoms with Crippen LogP contribution in [0.3, 0.4) is 0 Å². The van der Waals surface area contributed by atoms with Gasteiger partial charge in [0, 0.05) is 5.02 Å². The summed E-state index contributed by atoms with van der Waals surface area (Å²) in [6.07, 6.45) is 1.40. The summed E-state index contributed by atoms with van der Waals surface area (Å²) in [6, 6.07) is 5.68. The van der Waals surface area contributed by atoms with Crippen molar-refractivity contribution < 1.29 is 4.74 Å². The zero-order chi connectivity index (χ0) is 12.1. The molecule has 0 heterocycles. The van der Waals surface area contributed by atoms with E-state index in [1.807, 2.05) is 6.92 Å². The molecule has 0 N–H and O–H groups in total. The highest BCUT2D eigenvalue weighted by Gasteiger charge is 2.14. The van der Waals surface area contributed by atoms with Crippen molar-refractivity contribution in [2.45, 2.75) is 19.8 Å². The molecule has 0 bridgehead atoms. The molecular weight excluding hydrogens is 245 g/mol. The number of nitrogens with zero attached hydrogens (tertiary/aromatic N) is 1. The van der Waals surface area contributed by atoms with Crippen molar-refractivity contribution in [3.8, 4) is 11.8 Å². The lowest BCUT2D eigenvalue weighted by Gasteiger charge is -2.12. The molecule has 0 aliphatic heterocycles. The summed E-state index contributed by atoms with van der Waals surface area (Å²) in [5.74, 6) is 0.572. The lowest BCUT2D eigenvalue weighted by molar-refractivity contribution is 0.407. The molecule has 0 saturated carbocycles. The molecule has 1 rings (SSSR count). The first-order valence-corrected chi connectivity index (χ1v) is 5.79. The average Bonchev–Trinajstić information content (AvgIpc) is 2.25. The van der Waals surface area contributed by atoms with Crippen LogP contribution in [-0.2, 0) is 6.42 Å². The van der Waals surface area contributed by atoms with E-state index in [0.29, 0.717) is 22.2 Å². The van der Waals surface area contributed by atoms with Crippen molar-refractivity contribution in [2.75, 3.05) is 7.11 Å². The summed E-state index contributed by atoms with van der Waals surface area (Å²) >= 11 is 11.9. The van der Waals surface area contributed by atoms with Gasteiger partial charge in [0.25, 0.3) is 0 Å². The number of ether oxygens (including phenoxy) is 1. The highest BCUT2D eigenvalue weighted by atomic mass is 35.5. The van der Waals surface area contributed by atoms with Gasteiger partial charge < -0.3 is 4.74 Å². The average molecular weight is 258 g/mol. The second-order valence-corrected chi connectivity index (χ2v) is 4.36. The van der Waals surface area contributed by atoms with Gasteiger partial charge in [-0.25, -0.2) is 0 Å². The molecule has 0 radical (unpaired) electrons. The smallest absolute Gasteiger partial charge is 0.140 e. The van der Waals surface area contributed by atoms with Crippen LogP contribution >= 0.6 is 23.2 Å². The van der Waals surface area contributed by atoms with Crippen LogP contribution in [0.4, 0.5) is 0 Å². The molecule has 2 nitrogen and oxygen atoms in total. The van der Waals surface area contributed by atoms with E-state index in [9.17, 15) is 0 Å². The van der Waals surface area contributed by atoms with Crippen LogP contribution in [-0.4, -0.2) is 7.11 Å². The molecule has 0 saturated heterocycles. The molecule has 86 valence electrons. The van der Waals surface area contributed by atoms with Gasteiger partial charge in [0.05, 0.1) is 24.1 Å². The predicted molar refractivity (Wildman–Crippen MR) is 66.1 cm³/mol. The summed E-state index contributed by atoms with van der Waals surface area (Å²) < 4.78 is 5.22. The second-order valence-electron chi connectivity index (χ2n) is 3.52. The first-order chi connectivity index (χ1) is 7.62. The minimum absolute atomic E-state index is 0.0385.